The van der Waals surface area contributed by atoms with Crippen LogP contribution in [0.5, 0.6) is 0 Å². The van der Waals surface area contributed by atoms with Gasteiger partial charge in [0.1, 0.15) is 5.82 Å². The van der Waals surface area contributed by atoms with E-state index in [1.54, 1.807) is 6.20 Å². The number of hydrogen-bond acceptors (Lipinski definition) is 3. The molecule has 0 unspecified atom stereocenters. The van der Waals surface area contributed by atoms with Crippen molar-refractivity contribution in [2.75, 3.05) is 18.0 Å². The van der Waals surface area contributed by atoms with Gasteiger partial charge in [-0.15, -0.1) is 0 Å². The zero-order chi connectivity index (χ0) is 9.26. The monoisotopic (exact) mass is 197 g/mol. The minimum atomic E-state index is 0.289. The Bertz CT molecular complexity index is 285. The lowest BCUT2D eigenvalue weighted by atomic mass is 10.3. The van der Waals surface area contributed by atoms with Gasteiger partial charge < -0.3 is 10.6 Å². The third-order valence-corrected chi connectivity index (χ3v) is 2.48. The topological polar surface area (TPSA) is 42.1 Å². The van der Waals surface area contributed by atoms with Crippen LogP contribution in [0, 0.1) is 0 Å². The summed E-state index contributed by atoms with van der Waals surface area (Å²) < 4.78 is 0. The molecule has 2 rings (SSSR count). The maximum Gasteiger partial charge on any atom is 0.128 e. The predicted octanol–water partition coefficient (Wildman–Crippen LogP) is 1.27. The van der Waals surface area contributed by atoms with Gasteiger partial charge in [-0.25, -0.2) is 4.98 Å². The largest absolute Gasteiger partial charge is 0.355 e. The quantitative estimate of drug-likeness (QED) is 0.738. The Kier molecular flexibility index (Phi) is 2.38. The molecule has 70 valence electrons. The summed E-state index contributed by atoms with van der Waals surface area (Å²) in [7, 11) is 0. The second-order valence-electron chi connectivity index (χ2n) is 3.33. The molecule has 0 radical (unpaired) electrons. The molecule has 1 aromatic heterocycles. The fourth-order valence-corrected chi connectivity index (χ4v) is 1.66. The summed E-state index contributed by atoms with van der Waals surface area (Å²) in [4.78, 5) is 6.41. The van der Waals surface area contributed by atoms with Crippen molar-refractivity contribution in [1.82, 2.24) is 4.98 Å². The van der Waals surface area contributed by atoms with E-state index in [9.17, 15) is 0 Å². The van der Waals surface area contributed by atoms with Crippen LogP contribution in [0.1, 0.15) is 6.42 Å². The summed E-state index contributed by atoms with van der Waals surface area (Å²) >= 11 is 5.74. The number of rotatable bonds is 1. The average Bonchev–Trinajstić information content (AvgIpc) is 2.53. The third kappa shape index (κ3) is 1.92. The van der Waals surface area contributed by atoms with E-state index >= 15 is 0 Å². The molecule has 1 saturated heterocycles. The highest BCUT2D eigenvalue weighted by molar-refractivity contribution is 6.30. The fourth-order valence-electron chi connectivity index (χ4n) is 1.55. The van der Waals surface area contributed by atoms with E-state index in [-0.39, 0.29) is 6.04 Å². The first-order valence-electron chi connectivity index (χ1n) is 4.38. The highest BCUT2D eigenvalue weighted by Gasteiger charge is 2.19. The zero-order valence-electron chi connectivity index (χ0n) is 7.28. The second-order valence-corrected chi connectivity index (χ2v) is 3.77. The van der Waals surface area contributed by atoms with Crippen molar-refractivity contribution >= 4 is 17.4 Å². The number of nitrogens with two attached hydrogens (primary N) is 1. The highest BCUT2D eigenvalue weighted by Crippen LogP contribution is 2.18. The number of hydrogen-bond donors (Lipinski definition) is 1. The summed E-state index contributed by atoms with van der Waals surface area (Å²) in [5.74, 6) is 0.970. The number of nitrogens with zero attached hydrogens (tertiary/aromatic N) is 2. The first kappa shape index (κ1) is 8.78. The van der Waals surface area contributed by atoms with E-state index in [4.69, 9.17) is 17.3 Å². The Morgan fingerprint density at radius 2 is 2.38 bits per heavy atom. The maximum absolute atomic E-state index is 5.80. The van der Waals surface area contributed by atoms with Crippen LogP contribution in [0.4, 0.5) is 5.82 Å². The van der Waals surface area contributed by atoms with Crippen LogP contribution in [0.3, 0.4) is 0 Å². The minimum absolute atomic E-state index is 0.289. The van der Waals surface area contributed by atoms with E-state index in [1.165, 1.54) is 0 Å². The number of halogens is 1. The Morgan fingerprint density at radius 1 is 1.54 bits per heavy atom. The molecule has 0 bridgehead atoms. The van der Waals surface area contributed by atoms with Gasteiger partial charge >= 0.3 is 0 Å². The molecule has 3 nitrogen and oxygen atoms in total. The molecule has 1 aliphatic heterocycles. The van der Waals surface area contributed by atoms with Gasteiger partial charge in [-0.3, -0.25) is 0 Å². The van der Waals surface area contributed by atoms with Gasteiger partial charge in [0.2, 0.25) is 0 Å². The Morgan fingerprint density at radius 3 is 2.92 bits per heavy atom. The minimum Gasteiger partial charge on any atom is -0.355 e. The second kappa shape index (κ2) is 3.52. The van der Waals surface area contributed by atoms with E-state index < -0.39 is 0 Å². The van der Waals surface area contributed by atoms with Crippen molar-refractivity contribution in [1.29, 1.82) is 0 Å². The third-order valence-electron chi connectivity index (χ3n) is 2.26. The SMILES string of the molecule is N[C@H]1CCN(c2ccc(Cl)cn2)C1. The first-order valence-corrected chi connectivity index (χ1v) is 4.75. The Hall–Kier alpha value is -0.800. The van der Waals surface area contributed by atoms with E-state index in [0.717, 1.165) is 25.3 Å². The molecule has 0 aliphatic carbocycles. The van der Waals surface area contributed by atoms with Gasteiger partial charge in [0, 0.05) is 25.3 Å². The lowest BCUT2D eigenvalue weighted by Gasteiger charge is -2.16. The van der Waals surface area contributed by atoms with E-state index in [2.05, 4.69) is 9.88 Å². The molecule has 2 N–H and O–H groups in total. The molecule has 0 spiro atoms. The maximum atomic E-state index is 5.80. The van der Waals surface area contributed by atoms with Gasteiger partial charge in [0.05, 0.1) is 5.02 Å². The molecule has 1 aliphatic rings. The van der Waals surface area contributed by atoms with Crippen molar-refractivity contribution in [2.24, 2.45) is 5.73 Å². The number of anilines is 1. The lowest BCUT2D eigenvalue weighted by Crippen LogP contribution is -2.26. The van der Waals surface area contributed by atoms with E-state index in [0.29, 0.717) is 5.02 Å². The van der Waals surface area contributed by atoms with Gasteiger partial charge in [0.25, 0.3) is 0 Å². The van der Waals surface area contributed by atoms with Crippen molar-refractivity contribution in [3.05, 3.63) is 23.4 Å². The standard InChI is InChI=1S/C9H12ClN3/c10-7-1-2-9(12-5-7)13-4-3-8(11)6-13/h1-2,5,8H,3-4,6,11H2/t8-/m0/s1. The van der Waals surface area contributed by atoms with Crippen molar-refractivity contribution in [3.8, 4) is 0 Å². The van der Waals surface area contributed by atoms with Gasteiger partial charge in [-0.1, -0.05) is 11.6 Å². The zero-order valence-corrected chi connectivity index (χ0v) is 8.04. The van der Waals surface area contributed by atoms with Crippen molar-refractivity contribution in [2.45, 2.75) is 12.5 Å². The molecule has 0 saturated carbocycles. The average molecular weight is 198 g/mol. The van der Waals surface area contributed by atoms with E-state index in [1.807, 2.05) is 12.1 Å². The van der Waals surface area contributed by atoms with Crippen LogP contribution in [0.15, 0.2) is 18.3 Å². The van der Waals surface area contributed by atoms with Crippen LogP contribution in [-0.2, 0) is 0 Å². The fraction of sp³-hybridized carbons (Fsp3) is 0.444. The molecule has 0 aromatic carbocycles. The first-order chi connectivity index (χ1) is 6.25. The van der Waals surface area contributed by atoms with Crippen LogP contribution in [0.25, 0.3) is 0 Å². The van der Waals surface area contributed by atoms with Gasteiger partial charge in [-0.05, 0) is 18.6 Å². The molecular formula is C9H12ClN3. The molecule has 1 aromatic rings. The van der Waals surface area contributed by atoms with Gasteiger partial charge in [0.15, 0.2) is 0 Å². The lowest BCUT2D eigenvalue weighted by molar-refractivity contribution is 0.751. The Balaban J connectivity index is 2.13. The summed E-state index contributed by atoms with van der Waals surface area (Å²) in [5.41, 5.74) is 5.80. The van der Waals surface area contributed by atoms with Crippen LogP contribution >= 0.6 is 11.6 Å². The molecular weight excluding hydrogens is 186 g/mol. The molecule has 2 heterocycles. The highest BCUT2D eigenvalue weighted by atomic mass is 35.5. The summed E-state index contributed by atoms with van der Waals surface area (Å²) in [5, 5.41) is 0.673. The normalized spacial score (nSPS) is 22.3. The van der Waals surface area contributed by atoms with Crippen LogP contribution in [0.2, 0.25) is 5.02 Å². The van der Waals surface area contributed by atoms with Crippen LogP contribution in [-0.4, -0.2) is 24.1 Å². The number of pyridine rings is 1. The van der Waals surface area contributed by atoms with Gasteiger partial charge in [-0.2, -0.15) is 0 Å². The molecule has 0 amide bonds. The summed E-state index contributed by atoms with van der Waals surface area (Å²) in [6.07, 6.45) is 2.71. The molecule has 4 heteroatoms. The smallest absolute Gasteiger partial charge is 0.128 e. The number of aromatic nitrogens is 1. The van der Waals surface area contributed by atoms with Crippen molar-refractivity contribution < 1.29 is 0 Å². The van der Waals surface area contributed by atoms with Crippen molar-refractivity contribution in [3.63, 3.8) is 0 Å². The molecule has 1 atom stereocenters. The summed E-state index contributed by atoms with van der Waals surface area (Å²) in [6, 6.07) is 4.08. The van der Waals surface area contributed by atoms with Crippen LogP contribution < -0.4 is 10.6 Å². The molecule has 1 fully saturated rings. The Labute approximate surface area is 82.5 Å². The summed E-state index contributed by atoms with van der Waals surface area (Å²) in [6.45, 7) is 1.89. The molecule has 13 heavy (non-hydrogen) atoms. The predicted molar refractivity (Wildman–Crippen MR) is 54.1 cm³/mol.